The first-order chi connectivity index (χ1) is 13.0. The fraction of sp³-hybridized carbons (Fsp3) is 0.318. The lowest BCUT2D eigenvalue weighted by atomic mass is 9.86. The van der Waals surface area contributed by atoms with Gasteiger partial charge in [0.1, 0.15) is 5.54 Å². The van der Waals surface area contributed by atoms with Gasteiger partial charge in [-0.1, -0.05) is 68.8 Å². The molecule has 3 amide bonds. The van der Waals surface area contributed by atoms with E-state index in [0.717, 1.165) is 10.5 Å². The monoisotopic (exact) mass is 398 g/mol. The number of ketones is 1. The Kier molecular flexibility index (Phi) is 5.06. The molecule has 1 aliphatic heterocycles. The second-order valence-electron chi connectivity index (χ2n) is 8.21. The van der Waals surface area contributed by atoms with E-state index in [1.54, 1.807) is 43.3 Å². The molecule has 1 heterocycles. The van der Waals surface area contributed by atoms with Crippen molar-refractivity contribution < 1.29 is 14.4 Å². The van der Waals surface area contributed by atoms with Gasteiger partial charge in [-0.3, -0.25) is 14.5 Å². The summed E-state index contributed by atoms with van der Waals surface area (Å²) >= 11 is 6.02. The number of carbonyl (C=O) groups excluding carboxylic acids is 3. The normalized spacial score (nSPS) is 19.7. The van der Waals surface area contributed by atoms with Crippen molar-refractivity contribution in [1.29, 1.82) is 0 Å². The molecular formula is C22H23ClN2O3. The topological polar surface area (TPSA) is 66.5 Å². The molecular weight excluding hydrogens is 376 g/mol. The van der Waals surface area contributed by atoms with Crippen molar-refractivity contribution in [2.45, 2.75) is 38.6 Å². The van der Waals surface area contributed by atoms with Crippen molar-refractivity contribution >= 4 is 29.3 Å². The minimum Gasteiger partial charge on any atom is -0.319 e. The van der Waals surface area contributed by atoms with Crippen molar-refractivity contribution in [1.82, 2.24) is 10.2 Å². The van der Waals surface area contributed by atoms with E-state index in [-0.39, 0.29) is 17.7 Å². The van der Waals surface area contributed by atoms with Crippen molar-refractivity contribution in [3.63, 3.8) is 0 Å². The fourth-order valence-corrected chi connectivity index (χ4v) is 3.42. The fourth-order valence-electron chi connectivity index (χ4n) is 3.23. The molecule has 5 nitrogen and oxygen atoms in total. The molecule has 0 radical (unpaired) electrons. The minimum atomic E-state index is -1.25. The summed E-state index contributed by atoms with van der Waals surface area (Å²) < 4.78 is 0. The van der Waals surface area contributed by atoms with Crippen molar-refractivity contribution in [2.75, 3.05) is 6.54 Å². The minimum absolute atomic E-state index is 0.0227. The van der Waals surface area contributed by atoms with Gasteiger partial charge in [0.25, 0.3) is 5.91 Å². The van der Waals surface area contributed by atoms with Crippen LogP contribution in [0.2, 0.25) is 5.02 Å². The van der Waals surface area contributed by atoms with Crippen LogP contribution >= 0.6 is 11.6 Å². The molecule has 1 aliphatic rings. The lowest BCUT2D eigenvalue weighted by molar-refractivity contribution is -0.130. The summed E-state index contributed by atoms with van der Waals surface area (Å²) in [6.07, 6.45) is 0. The average molecular weight is 399 g/mol. The SMILES string of the molecule is CC(C)(C)c1ccc(C(=O)CN2C(=O)NC(C)(c3cccc(Cl)c3)C2=O)cc1. The van der Waals surface area contributed by atoms with E-state index >= 15 is 0 Å². The van der Waals surface area contributed by atoms with Crippen molar-refractivity contribution in [3.05, 3.63) is 70.2 Å². The Morgan fingerprint density at radius 2 is 1.75 bits per heavy atom. The van der Waals surface area contributed by atoms with Gasteiger partial charge in [-0.05, 0) is 35.6 Å². The molecule has 1 saturated heterocycles. The molecule has 1 fully saturated rings. The first-order valence-electron chi connectivity index (χ1n) is 9.06. The van der Waals surface area contributed by atoms with E-state index in [1.807, 2.05) is 12.1 Å². The Hall–Kier alpha value is -2.66. The van der Waals surface area contributed by atoms with Crippen LogP contribution in [0, 0.1) is 0 Å². The predicted molar refractivity (Wildman–Crippen MR) is 109 cm³/mol. The largest absolute Gasteiger partial charge is 0.325 e. The van der Waals surface area contributed by atoms with E-state index in [0.29, 0.717) is 16.1 Å². The molecule has 3 rings (SSSR count). The zero-order valence-corrected chi connectivity index (χ0v) is 17.1. The summed E-state index contributed by atoms with van der Waals surface area (Å²) in [6.45, 7) is 7.58. The Morgan fingerprint density at radius 3 is 2.32 bits per heavy atom. The number of rotatable bonds is 4. The third-order valence-electron chi connectivity index (χ3n) is 5.05. The number of urea groups is 1. The molecule has 0 aliphatic carbocycles. The standard InChI is InChI=1S/C22H23ClN2O3/c1-21(2,3)15-10-8-14(9-11-15)18(26)13-25-19(27)22(4,24-20(25)28)16-6-5-7-17(23)12-16/h5-12H,13H2,1-4H3,(H,24,28). The maximum Gasteiger partial charge on any atom is 0.325 e. The van der Waals surface area contributed by atoms with Gasteiger partial charge in [0.05, 0.1) is 6.54 Å². The Morgan fingerprint density at radius 1 is 1.11 bits per heavy atom. The van der Waals surface area contributed by atoms with Crippen LogP contribution in [-0.2, 0) is 15.7 Å². The van der Waals surface area contributed by atoms with Crippen LogP contribution in [0.1, 0.15) is 49.2 Å². The summed E-state index contributed by atoms with van der Waals surface area (Å²) in [5.74, 6) is -0.765. The van der Waals surface area contributed by atoms with Gasteiger partial charge in [0, 0.05) is 10.6 Å². The van der Waals surface area contributed by atoms with E-state index in [9.17, 15) is 14.4 Å². The molecule has 1 atom stereocenters. The number of nitrogens with zero attached hydrogens (tertiary/aromatic N) is 1. The summed E-state index contributed by atoms with van der Waals surface area (Å²) in [5.41, 5.74) is 0.865. The number of hydrogen-bond acceptors (Lipinski definition) is 3. The van der Waals surface area contributed by atoms with E-state index in [4.69, 9.17) is 11.6 Å². The third kappa shape index (κ3) is 3.67. The number of Topliss-reactive ketones (excluding diaryl/α,β-unsaturated/α-hetero) is 1. The molecule has 0 bridgehead atoms. The quantitative estimate of drug-likeness (QED) is 0.617. The van der Waals surface area contributed by atoms with Gasteiger partial charge in [0.15, 0.2) is 5.78 Å². The van der Waals surface area contributed by atoms with Crippen LogP contribution in [0.25, 0.3) is 0 Å². The second kappa shape index (κ2) is 7.06. The van der Waals surface area contributed by atoms with E-state index < -0.39 is 17.5 Å². The van der Waals surface area contributed by atoms with Gasteiger partial charge in [-0.2, -0.15) is 0 Å². The zero-order chi connectivity index (χ0) is 20.7. The van der Waals surface area contributed by atoms with Gasteiger partial charge in [-0.25, -0.2) is 4.79 Å². The zero-order valence-electron chi connectivity index (χ0n) is 16.4. The first-order valence-corrected chi connectivity index (χ1v) is 9.44. The van der Waals surface area contributed by atoms with Gasteiger partial charge >= 0.3 is 6.03 Å². The van der Waals surface area contributed by atoms with Crippen molar-refractivity contribution in [3.8, 4) is 0 Å². The molecule has 1 unspecified atom stereocenters. The van der Waals surface area contributed by atoms with E-state index in [1.165, 1.54) is 0 Å². The number of hydrogen-bond donors (Lipinski definition) is 1. The summed E-state index contributed by atoms with van der Waals surface area (Å²) in [4.78, 5) is 39.0. The number of benzene rings is 2. The molecule has 28 heavy (non-hydrogen) atoms. The number of carbonyl (C=O) groups is 3. The van der Waals surface area contributed by atoms with Crippen LogP contribution in [-0.4, -0.2) is 29.2 Å². The van der Waals surface area contributed by atoms with Crippen LogP contribution in [0.5, 0.6) is 0 Å². The van der Waals surface area contributed by atoms with Crippen LogP contribution < -0.4 is 5.32 Å². The molecule has 2 aromatic carbocycles. The first kappa shape index (κ1) is 20.1. The van der Waals surface area contributed by atoms with E-state index in [2.05, 4.69) is 26.1 Å². The smallest absolute Gasteiger partial charge is 0.319 e. The highest BCUT2D eigenvalue weighted by Gasteiger charge is 2.49. The highest BCUT2D eigenvalue weighted by atomic mass is 35.5. The molecule has 0 spiro atoms. The Labute approximate surface area is 169 Å². The van der Waals surface area contributed by atoms with Crippen LogP contribution in [0.15, 0.2) is 48.5 Å². The van der Waals surface area contributed by atoms with Crippen LogP contribution in [0.3, 0.4) is 0 Å². The lowest BCUT2D eigenvalue weighted by Crippen LogP contribution is -2.41. The average Bonchev–Trinajstić information content (AvgIpc) is 2.85. The summed E-state index contributed by atoms with van der Waals surface area (Å²) in [5, 5.41) is 3.15. The lowest BCUT2D eigenvalue weighted by Gasteiger charge is -2.22. The second-order valence-corrected chi connectivity index (χ2v) is 8.64. The van der Waals surface area contributed by atoms with Crippen molar-refractivity contribution in [2.24, 2.45) is 0 Å². The number of nitrogens with one attached hydrogen (secondary N) is 1. The molecule has 2 aromatic rings. The predicted octanol–water partition coefficient (Wildman–Crippen LogP) is 4.29. The summed E-state index contributed by atoms with van der Waals surface area (Å²) in [7, 11) is 0. The third-order valence-corrected chi connectivity index (χ3v) is 5.29. The van der Waals surface area contributed by atoms with Crippen LogP contribution in [0.4, 0.5) is 4.79 Å². The Balaban J connectivity index is 1.80. The molecule has 0 aromatic heterocycles. The highest BCUT2D eigenvalue weighted by molar-refractivity contribution is 6.30. The maximum atomic E-state index is 12.9. The molecule has 1 N–H and O–H groups in total. The van der Waals surface area contributed by atoms with Gasteiger partial charge in [0.2, 0.25) is 0 Å². The number of halogens is 1. The highest BCUT2D eigenvalue weighted by Crippen LogP contribution is 2.30. The summed E-state index contributed by atoms with van der Waals surface area (Å²) in [6, 6.07) is 13.4. The number of imide groups is 1. The van der Waals surface area contributed by atoms with Gasteiger partial charge < -0.3 is 5.32 Å². The maximum absolute atomic E-state index is 12.9. The molecule has 6 heteroatoms. The Bertz CT molecular complexity index is 947. The molecule has 0 saturated carbocycles. The number of amides is 3. The van der Waals surface area contributed by atoms with Gasteiger partial charge in [-0.15, -0.1) is 0 Å². The molecule has 146 valence electrons.